The van der Waals surface area contributed by atoms with Crippen molar-refractivity contribution in [2.45, 2.75) is 45.1 Å². The van der Waals surface area contributed by atoms with Gasteiger partial charge in [0.25, 0.3) is 0 Å². The van der Waals surface area contributed by atoms with Crippen molar-refractivity contribution in [1.82, 2.24) is 5.32 Å². The van der Waals surface area contributed by atoms with E-state index in [2.05, 4.69) is 12.2 Å². The Morgan fingerprint density at radius 1 is 1.50 bits per heavy atom. The Balaban J connectivity index is 2.44. The molecule has 0 unspecified atom stereocenters. The first kappa shape index (κ1) is 13.5. The molecule has 0 heterocycles. The van der Waals surface area contributed by atoms with Crippen molar-refractivity contribution >= 4 is 5.91 Å². The van der Waals surface area contributed by atoms with Crippen molar-refractivity contribution in [3.8, 4) is 0 Å². The van der Waals surface area contributed by atoms with Crippen LogP contribution >= 0.6 is 0 Å². The Bertz CT molecular complexity index is 223. The minimum absolute atomic E-state index is 0.0400. The zero-order valence-corrected chi connectivity index (χ0v) is 10.4. The molecule has 1 aliphatic carbocycles. The van der Waals surface area contributed by atoms with E-state index in [1.54, 1.807) is 0 Å². The molecule has 1 fully saturated rings. The Labute approximate surface area is 97.9 Å². The summed E-state index contributed by atoms with van der Waals surface area (Å²) < 4.78 is 5.09. The van der Waals surface area contributed by atoms with E-state index in [-0.39, 0.29) is 18.1 Å². The number of nitrogens with one attached hydrogen (secondary N) is 1. The smallest absolute Gasteiger partial charge is 0.246 e. The number of nitrogens with two attached hydrogens (primary N) is 1. The van der Waals surface area contributed by atoms with Crippen molar-refractivity contribution < 1.29 is 9.53 Å². The molecule has 4 heteroatoms. The van der Waals surface area contributed by atoms with Gasteiger partial charge >= 0.3 is 0 Å². The average molecular weight is 228 g/mol. The quantitative estimate of drug-likeness (QED) is 0.739. The highest BCUT2D eigenvalue weighted by molar-refractivity contribution is 5.78. The fraction of sp³-hybridized carbons (Fsp3) is 0.917. The minimum Gasteiger partial charge on any atom is -0.372 e. The molecule has 0 aromatic heterocycles. The number of hydrogen-bond donors (Lipinski definition) is 2. The molecule has 1 rings (SSSR count). The molecule has 0 bridgehead atoms. The van der Waals surface area contributed by atoms with E-state index in [9.17, 15) is 4.79 Å². The van der Waals surface area contributed by atoms with Crippen LogP contribution in [0.2, 0.25) is 0 Å². The highest BCUT2D eigenvalue weighted by Gasteiger charge is 2.34. The third-order valence-corrected chi connectivity index (χ3v) is 3.46. The molecule has 4 nitrogen and oxygen atoms in total. The zero-order valence-electron chi connectivity index (χ0n) is 10.4. The van der Waals surface area contributed by atoms with Crippen LogP contribution in [0.3, 0.4) is 0 Å². The third kappa shape index (κ3) is 3.76. The number of ether oxygens (including phenoxy) is 1. The number of carbonyl (C=O) groups excluding carboxylic acids is 1. The fourth-order valence-corrected chi connectivity index (χ4v) is 2.22. The Morgan fingerprint density at radius 3 is 2.62 bits per heavy atom. The van der Waals surface area contributed by atoms with E-state index < -0.39 is 0 Å². The second-order valence-electron chi connectivity index (χ2n) is 4.85. The van der Waals surface area contributed by atoms with E-state index in [0.29, 0.717) is 13.2 Å². The van der Waals surface area contributed by atoms with Crippen LogP contribution in [0.25, 0.3) is 0 Å². The van der Waals surface area contributed by atoms with E-state index in [1.807, 2.05) is 6.92 Å². The highest BCUT2D eigenvalue weighted by atomic mass is 16.5. The summed E-state index contributed by atoms with van der Waals surface area (Å²) >= 11 is 0. The van der Waals surface area contributed by atoms with Gasteiger partial charge < -0.3 is 15.8 Å². The van der Waals surface area contributed by atoms with Gasteiger partial charge in [-0.2, -0.15) is 0 Å². The second kappa shape index (κ2) is 6.21. The molecular formula is C12H24N2O2. The Kier molecular flexibility index (Phi) is 5.22. The summed E-state index contributed by atoms with van der Waals surface area (Å²) in [5.74, 6) is 0.713. The van der Waals surface area contributed by atoms with Crippen LogP contribution in [0.4, 0.5) is 0 Å². The predicted molar refractivity (Wildman–Crippen MR) is 64.1 cm³/mol. The lowest BCUT2D eigenvalue weighted by atomic mass is 9.77. The summed E-state index contributed by atoms with van der Waals surface area (Å²) in [5, 5.41) is 3.05. The largest absolute Gasteiger partial charge is 0.372 e. The van der Waals surface area contributed by atoms with Gasteiger partial charge in [-0.1, -0.05) is 6.92 Å². The maximum Gasteiger partial charge on any atom is 0.246 e. The molecule has 16 heavy (non-hydrogen) atoms. The van der Waals surface area contributed by atoms with Crippen molar-refractivity contribution in [2.24, 2.45) is 11.7 Å². The molecule has 0 aromatic rings. The molecule has 0 saturated heterocycles. The monoisotopic (exact) mass is 228 g/mol. The van der Waals surface area contributed by atoms with E-state index >= 15 is 0 Å². The molecule has 0 spiro atoms. The molecule has 1 aliphatic rings. The van der Waals surface area contributed by atoms with E-state index in [4.69, 9.17) is 10.5 Å². The van der Waals surface area contributed by atoms with Crippen LogP contribution in [0.1, 0.15) is 39.5 Å². The van der Waals surface area contributed by atoms with Gasteiger partial charge in [0, 0.05) is 13.2 Å². The summed E-state index contributed by atoms with van der Waals surface area (Å²) in [5.41, 5.74) is 5.63. The fourth-order valence-electron chi connectivity index (χ4n) is 2.22. The summed E-state index contributed by atoms with van der Waals surface area (Å²) in [4.78, 5) is 11.6. The van der Waals surface area contributed by atoms with Gasteiger partial charge in [-0.05, 0) is 38.5 Å². The zero-order chi connectivity index (χ0) is 12.0. The van der Waals surface area contributed by atoms with Crippen LogP contribution in [-0.2, 0) is 9.53 Å². The van der Waals surface area contributed by atoms with Crippen LogP contribution in [0, 0.1) is 5.92 Å². The van der Waals surface area contributed by atoms with Gasteiger partial charge in [-0.25, -0.2) is 0 Å². The molecule has 94 valence electrons. The lowest BCUT2D eigenvalue weighted by Gasteiger charge is -2.39. The van der Waals surface area contributed by atoms with E-state index in [0.717, 1.165) is 31.6 Å². The normalized spacial score (nSPS) is 30.1. The van der Waals surface area contributed by atoms with Crippen LogP contribution in [0.5, 0.6) is 0 Å². The molecule has 1 amide bonds. The number of amides is 1. The van der Waals surface area contributed by atoms with Gasteiger partial charge in [-0.3, -0.25) is 4.79 Å². The summed E-state index contributed by atoms with van der Waals surface area (Å²) in [6.07, 6.45) is 4.27. The lowest BCUT2D eigenvalue weighted by molar-refractivity contribution is -0.128. The molecule has 0 radical (unpaired) electrons. The van der Waals surface area contributed by atoms with Gasteiger partial charge in [-0.15, -0.1) is 0 Å². The first-order chi connectivity index (χ1) is 7.62. The van der Waals surface area contributed by atoms with Gasteiger partial charge in [0.15, 0.2) is 0 Å². The van der Waals surface area contributed by atoms with Gasteiger partial charge in [0.05, 0.1) is 5.54 Å². The highest BCUT2D eigenvalue weighted by Crippen LogP contribution is 2.31. The average Bonchev–Trinajstić information content (AvgIpc) is 2.30. The lowest BCUT2D eigenvalue weighted by Crippen LogP contribution is -2.56. The standard InChI is InChI=1S/C12H24N2O2/c1-3-16-8-11(15)14-12(9-13)6-4-10(2)5-7-12/h10H,3-9,13H2,1-2H3,(H,14,15). The number of hydrogen-bond acceptors (Lipinski definition) is 3. The first-order valence-electron chi connectivity index (χ1n) is 6.20. The number of rotatable bonds is 5. The van der Waals surface area contributed by atoms with Crippen molar-refractivity contribution in [3.05, 3.63) is 0 Å². The van der Waals surface area contributed by atoms with E-state index in [1.165, 1.54) is 0 Å². The minimum atomic E-state index is -0.180. The summed E-state index contributed by atoms with van der Waals surface area (Å²) in [6, 6.07) is 0. The Hall–Kier alpha value is -0.610. The molecular weight excluding hydrogens is 204 g/mol. The third-order valence-electron chi connectivity index (χ3n) is 3.46. The maximum absolute atomic E-state index is 11.6. The van der Waals surface area contributed by atoms with Gasteiger partial charge in [0.2, 0.25) is 5.91 Å². The maximum atomic E-state index is 11.6. The van der Waals surface area contributed by atoms with Crippen molar-refractivity contribution in [2.75, 3.05) is 19.8 Å². The van der Waals surface area contributed by atoms with Crippen LogP contribution < -0.4 is 11.1 Å². The summed E-state index contributed by atoms with van der Waals surface area (Å²) in [6.45, 7) is 5.38. The van der Waals surface area contributed by atoms with Gasteiger partial charge in [0.1, 0.15) is 6.61 Å². The first-order valence-corrected chi connectivity index (χ1v) is 6.20. The Morgan fingerprint density at radius 2 is 2.12 bits per heavy atom. The van der Waals surface area contributed by atoms with Crippen LogP contribution in [-0.4, -0.2) is 31.2 Å². The van der Waals surface area contributed by atoms with Crippen molar-refractivity contribution in [3.63, 3.8) is 0 Å². The number of carbonyl (C=O) groups is 1. The van der Waals surface area contributed by atoms with Crippen molar-refractivity contribution in [1.29, 1.82) is 0 Å². The van der Waals surface area contributed by atoms with Crippen LogP contribution in [0.15, 0.2) is 0 Å². The second-order valence-corrected chi connectivity index (χ2v) is 4.85. The molecule has 0 aliphatic heterocycles. The molecule has 1 saturated carbocycles. The molecule has 0 atom stereocenters. The predicted octanol–water partition coefficient (Wildman–Crippen LogP) is 1.05. The molecule has 0 aromatic carbocycles. The summed E-state index contributed by atoms with van der Waals surface area (Å²) in [7, 11) is 0. The molecule has 3 N–H and O–H groups in total. The SMILES string of the molecule is CCOCC(=O)NC1(CN)CCC(C)CC1. The topological polar surface area (TPSA) is 64.3 Å².